The molecule has 0 unspecified atom stereocenters. The number of aliphatic hydroxyl groups is 2. The molecule has 3 rings (SSSR count). The standard InChI is InChI=1S/C19H28N2O4/c22-17(13-21-11-5-2-6-12-21)20-15-9-10-16(19(24)18(15)23)25-14-7-3-1-4-8-14/h1,3-4,7-8,15-16,18-19,23-24H,2,5-6,9-13H2,(H,20,22)/t15-,16-,18+,19+/m1/s1. The number of carbonyl (C=O) groups excluding carboxylic acids is 1. The fourth-order valence-corrected chi connectivity index (χ4v) is 3.68. The molecule has 0 bridgehead atoms. The van der Waals surface area contributed by atoms with Gasteiger partial charge in [0.15, 0.2) is 0 Å². The number of likely N-dealkylation sites (tertiary alicyclic amines) is 1. The topological polar surface area (TPSA) is 82.0 Å². The first kappa shape index (κ1) is 18.2. The molecule has 1 amide bonds. The molecule has 6 heteroatoms. The van der Waals surface area contributed by atoms with Gasteiger partial charge in [-0.2, -0.15) is 0 Å². The van der Waals surface area contributed by atoms with Gasteiger partial charge in [-0.1, -0.05) is 24.6 Å². The molecule has 6 nitrogen and oxygen atoms in total. The molecule has 0 radical (unpaired) electrons. The summed E-state index contributed by atoms with van der Waals surface area (Å²) in [5.41, 5.74) is 0. The molecule has 25 heavy (non-hydrogen) atoms. The number of ether oxygens (including phenoxy) is 1. The Morgan fingerprint density at radius 3 is 2.52 bits per heavy atom. The number of nitrogens with one attached hydrogen (secondary N) is 1. The molecule has 2 fully saturated rings. The number of hydrogen-bond donors (Lipinski definition) is 3. The third-order valence-electron chi connectivity index (χ3n) is 5.10. The second-order valence-electron chi connectivity index (χ2n) is 7.04. The molecule has 1 aliphatic heterocycles. The predicted molar refractivity (Wildman–Crippen MR) is 94.3 cm³/mol. The molecule has 1 aromatic carbocycles. The van der Waals surface area contributed by atoms with Crippen LogP contribution in [0, 0.1) is 0 Å². The molecule has 3 N–H and O–H groups in total. The average molecular weight is 348 g/mol. The van der Waals surface area contributed by atoms with Gasteiger partial charge in [-0.05, 0) is 50.9 Å². The number of aliphatic hydroxyl groups excluding tert-OH is 2. The number of hydrogen-bond acceptors (Lipinski definition) is 5. The first-order valence-electron chi connectivity index (χ1n) is 9.23. The maximum atomic E-state index is 12.2. The van der Waals surface area contributed by atoms with Crippen LogP contribution in [-0.2, 0) is 4.79 Å². The van der Waals surface area contributed by atoms with E-state index in [0.29, 0.717) is 25.1 Å². The third kappa shape index (κ3) is 4.93. The number of para-hydroxylation sites is 1. The molecule has 4 atom stereocenters. The van der Waals surface area contributed by atoms with E-state index in [-0.39, 0.29) is 5.91 Å². The fraction of sp³-hybridized carbons (Fsp3) is 0.632. The van der Waals surface area contributed by atoms with Crippen LogP contribution in [0.25, 0.3) is 0 Å². The van der Waals surface area contributed by atoms with Gasteiger partial charge in [-0.15, -0.1) is 0 Å². The zero-order valence-corrected chi connectivity index (χ0v) is 14.5. The van der Waals surface area contributed by atoms with Gasteiger partial charge in [-0.3, -0.25) is 9.69 Å². The Kier molecular flexibility index (Phi) is 6.29. The van der Waals surface area contributed by atoms with Gasteiger partial charge >= 0.3 is 0 Å². The van der Waals surface area contributed by atoms with Crippen LogP contribution in [0.2, 0.25) is 0 Å². The molecule has 2 aliphatic rings. The zero-order valence-electron chi connectivity index (χ0n) is 14.5. The Bertz CT molecular complexity index is 548. The molecule has 0 aromatic heterocycles. The molecule has 1 saturated heterocycles. The largest absolute Gasteiger partial charge is 0.488 e. The lowest BCUT2D eigenvalue weighted by Gasteiger charge is -2.38. The second kappa shape index (κ2) is 8.65. The van der Waals surface area contributed by atoms with Gasteiger partial charge in [-0.25, -0.2) is 0 Å². The highest BCUT2D eigenvalue weighted by atomic mass is 16.5. The molecule has 1 aliphatic carbocycles. The van der Waals surface area contributed by atoms with Crippen LogP contribution in [0.3, 0.4) is 0 Å². The Labute approximate surface area is 148 Å². The lowest BCUT2D eigenvalue weighted by molar-refractivity contribution is -0.128. The van der Waals surface area contributed by atoms with Gasteiger partial charge in [0.2, 0.25) is 5.91 Å². The summed E-state index contributed by atoms with van der Waals surface area (Å²) in [6, 6.07) is 8.85. The Morgan fingerprint density at radius 2 is 1.80 bits per heavy atom. The van der Waals surface area contributed by atoms with Gasteiger partial charge in [0.05, 0.1) is 12.6 Å². The van der Waals surface area contributed by atoms with E-state index < -0.39 is 24.4 Å². The SMILES string of the molecule is O=C(CN1CCCCC1)N[C@@H]1CC[C@@H](Oc2ccccc2)[C@H](O)[C@H]1O. The second-order valence-corrected chi connectivity index (χ2v) is 7.04. The number of benzene rings is 1. The molecule has 138 valence electrons. The lowest BCUT2D eigenvalue weighted by atomic mass is 9.87. The van der Waals surface area contributed by atoms with Crippen molar-refractivity contribution in [2.24, 2.45) is 0 Å². The van der Waals surface area contributed by atoms with Crippen molar-refractivity contribution in [3.8, 4) is 5.75 Å². The van der Waals surface area contributed by atoms with Crippen molar-refractivity contribution < 1.29 is 19.7 Å². The van der Waals surface area contributed by atoms with E-state index in [1.807, 2.05) is 30.3 Å². The van der Waals surface area contributed by atoms with Crippen molar-refractivity contribution in [1.82, 2.24) is 10.2 Å². The summed E-state index contributed by atoms with van der Waals surface area (Å²) < 4.78 is 5.78. The van der Waals surface area contributed by atoms with E-state index in [1.54, 1.807) is 0 Å². The van der Waals surface area contributed by atoms with Gasteiger partial charge < -0.3 is 20.3 Å². The van der Waals surface area contributed by atoms with Crippen molar-refractivity contribution in [3.63, 3.8) is 0 Å². The van der Waals surface area contributed by atoms with E-state index in [0.717, 1.165) is 25.9 Å². The molecule has 1 saturated carbocycles. The maximum Gasteiger partial charge on any atom is 0.234 e. The highest BCUT2D eigenvalue weighted by Crippen LogP contribution is 2.25. The average Bonchev–Trinajstić information content (AvgIpc) is 2.63. The van der Waals surface area contributed by atoms with Crippen molar-refractivity contribution in [2.75, 3.05) is 19.6 Å². The minimum atomic E-state index is -1.02. The Balaban J connectivity index is 1.49. The number of rotatable bonds is 5. The van der Waals surface area contributed by atoms with Crippen LogP contribution >= 0.6 is 0 Å². The van der Waals surface area contributed by atoms with Crippen molar-refractivity contribution >= 4 is 5.91 Å². The van der Waals surface area contributed by atoms with Gasteiger partial charge in [0.1, 0.15) is 24.1 Å². The van der Waals surface area contributed by atoms with Crippen LogP contribution in [0.15, 0.2) is 30.3 Å². The summed E-state index contributed by atoms with van der Waals surface area (Å²) in [4.78, 5) is 14.4. The zero-order chi connectivity index (χ0) is 17.6. The highest BCUT2D eigenvalue weighted by Gasteiger charge is 2.39. The van der Waals surface area contributed by atoms with Gasteiger partial charge in [0, 0.05) is 0 Å². The van der Waals surface area contributed by atoms with E-state index in [4.69, 9.17) is 4.74 Å². The quantitative estimate of drug-likeness (QED) is 0.737. The van der Waals surface area contributed by atoms with Crippen LogP contribution in [0.4, 0.5) is 0 Å². The highest BCUT2D eigenvalue weighted by molar-refractivity contribution is 5.78. The number of piperidine rings is 1. The third-order valence-corrected chi connectivity index (χ3v) is 5.10. The fourth-order valence-electron chi connectivity index (χ4n) is 3.68. The smallest absolute Gasteiger partial charge is 0.234 e. The minimum Gasteiger partial charge on any atom is -0.488 e. The molecular formula is C19H28N2O4. The summed E-state index contributed by atoms with van der Waals surface area (Å²) in [6.45, 7) is 2.27. The summed E-state index contributed by atoms with van der Waals surface area (Å²) >= 11 is 0. The molecule has 1 aromatic rings. The number of amides is 1. The van der Waals surface area contributed by atoms with Crippen LogP contribution in [0.5, 0.6) is 5.75 Å². The monoisotopic (exact) mass is 348 g/mol. The van der Waals surface area contributed by atoms with E-state index in [2.05, 4.69) is 10.2 Å². The van der Waals surface area contributed by atoms with E-state index in [1.165, 1.54) is 6.42 Å². The van der Waals surface area contributed by atoms with Crippen LogP contribution in [-0.4, -0.2) is 65.0 Å². The molecule has 1 heterocycles. The molecule has 0 spiro atoms. The lowest BCUT2D eigenvalue weighted by Crippen LogP contribution is -2.58. The van der Waals surface area contributed by atoms with E-state index in [9.17, 15) is 15.0 Å². The normalized spacial score (nSPS) is 30.6. The van der Waals surface area contributed by atoms with Crippen LogP contribution in [0.1, 0.15) is 32.1 Å². The maximum absolute atomic E-state index is 12.2. The minimum absolute atomic E-state index is 0.0828. The molecular weight excluding hydrogens is 320 g/mol. The van der Waals surface area contributed by atoms with Crippen molar-refractivity contribution in [3.05, 3.63) is 30.3 Å². The summed E-state index contributed by atoms with van der Waals surface area (Å²) in [7, 11) is 0. The first-order valence-corrected chi connectivity index (χ1v) is 9.23. The number of carbonyl (C=O) groups is 1. The summed E-state index contributed by atoms with van der Waals surface area (Å²) in [6.07, 6.45) is 2.17. The van der Waals surface area contributed by atoms with Crippen molar-refractivity contribution in [1.29, 1.82) is 0 Å². The summed E-state index contributed by atoms with van der Waals surface area (Å²) in [5, 5.41) is 23.6. The Morgan fingerprint density at radius 1 is 1.08 bits per heavy atom. The van der Waals surface area contributed by atoms with Crippen LogP contribution < -0.4 is 10.1 Å². The van der Waals surface area contributed by atoms with Gasteiger partial charge in [0.25, 0.3) is 0 Å². The van der Waals surface area contributed by atoms with E-state index >= 15 is 0 Å². The Hall–Kier alpha value is -1.63. The summed E-state index contributed by atoms with van der Waals surface area (Å²) in [5.74, 6) is 0.590. The predicted octanol–water partition coefficient (Wildman–Crippen LogP) is 0.920. The number of nitrogens with zero attached hydrogens (tertiary/aromatic N) is 1. The van der Waals surface area contributed by atoms with Crippen molar-refractivity contribution in [2.45, 2.75) is 56.5 Å². The first-order chi connectivity index (χ1) is 12.1.